The van der Waals surface area contributed by atoms with E-state index in [9.17, 15) is 14.7 Å². The molecule has 0 aromatic heterocycles. The molecule has 2 rings (SSSR count). The summed E-state index contributed by atoms with van der Waals surface area (Å²) in [6.07, 6.45) is 0.305. The number of benzene rings is 1. The molecule has 1 aromatic rings. The Kier molecular flexibility index (Phi) is 3.36. The molecule has 4 nitrogen and oxygen atoms in total. The summed E-state index contributed by atoms with van der Waals surface area (Å²) in [5.41, 5.74) is 2.07. The minimum Gasteiger partial charge on any atom is -0.465 e. The van der Waals surface area contributed by atoms with E-state index in [2.05, 4.69) is 0 Å². The van der Waals surface area contributed by atoms with E-state index in [1.807, 2.05) is 31.2 Å². The molecule has 0 bridgehead atoms. The molecule has 18 heavy (non-hydrogen) atoms. The highest BCUT2D eigenvalue weighted by atomic mass is 16.4. The van der Waals surface area contributed by atoms with Crippen LogP contribution in [-0.2, 0) is 4.79 Å². The van der Waals surface area contributed by atoms with Gasteiger partial charge >= 0.3 is 6.09 Å². The van der Waals surface area contributed by atoms with Crippen molar-refractivity contribution < 1.29 is 14.7 Å². The molecule has 0 radical (unpaired) electrons. The number of carboxylic acid groups (broad SMARTS) is 1. The van der Waals surface area contributed by atoms with Crippen LogP contribution >= 0.6 is 0 Å². The first-order chi connectivity index (χ1) is 8.50. The van der Waals surface area contributed by atoms with Crippen LogP contribution in [0.4, 0.5) is 4.79 Å². The minimum atomic E-state index is -1.01. The summed E-state index contributed by atoms with van der Waals surface area (Å²) >= 11 is 0. The van der Waals surface area contributed by atoms with Gasteiger partial charge in [-0.1, -0.05) is 29.8 Å². The first kappa shape index (κ1) is 12.6. The molecule has 1 aliphatic rings. The number of likely N-dealkylation sites (tertiary alicyclic amines) is 1. The lowest BCUT2D eigenvalue weighted by molar-refractivity contribution is -0.121. The Morgan fingerprint density at radius 3 is 2.61 bits per heavy atom. The average Bonchev–Trinajstić information content (AvgIpc) is 2.73. The molecular weight excluding hydrogens is 230 g/mol. The Balaban J connectivity index is 2.33. The van der Waals surface area contributed by atoms with Gasteiger partial charge in [0.05, 0.1) is 12.1 Å². The lowest BCUT2D eigenvalue weighted by Gasteiger charge is -2.26. The monoisotopic (exact) mass is 247 g/mol. The standard InChI is InChI=1S/C14H17NO3/c1-9-4-3-5-11(8-9)13-7-6-12(10(2)16)15(13)14(17)18/h3-5,8,12-13H,6-7H2,1-2H3,(H,17,18)/t12-,13+/m1/s1. The molecule has 2 atom stereocenters. The number of aryl methyl sites for hydroxylation is 1. The fourth-order valence-corrected chi connectivity index (χ4v) is 2.68. The van der Waals surface area contributed by atoms with Crippen LogP contribution in [0.3, 0.4) is 0 Å². The largest absolute Gasteiger partial charge is 0.465 e. The van der Waals surface area contributed by atoms with Crippen molar-refractivity contribution in [2.45, 2.75) is 38.8 Å². The van der Waals surface area contributed by atoms with Gasteiger partial charge in [0, 0.05) is 0 Å². The van der Waals surface area contributed by atoms with Crippen molar-refractivity contribution >= 4 is 11.9 Å². The lowest BCUT2D eigenvalue weighted by atomic mass is 10.0. The zero-order valence-corrected chi connectivity index (χ0v) is 10.6. The number of hydrogen-bond acceptors (Lipinski definition) is 2. The molecule has 0 saturated carbocycles. The second-order valence-electron chi connectivity index (χ2n) is 4.82. The van der Waals surface area contributed by atoms with Gasteiger partial charge in [0.25, 0.3) is 0 Å². The van der Waals surface area contributed by atoms with Gasteiger partial charge in [-0.3, -0.25) is 9.69 Å². The van der Waals surface area contributed by atoms with E-state index in [0.29, 0.717) is 12.8 Å². The van der Waals surface area contributed by atoms with Crippen LogP contribution in [0, 0.1) is 6.92 Å². The van der Waals surface area contributed by atoms with E-state index in [4.69, 9.17) is 0 Å². The predicted molar refractivity (Wildman–Crippen MR) is 67.5 cm³/mol. The highest BCUT2D eigenvalue weighted by Gasteiger charge is 2.40. The number of hydrogen-bond donors (Lipinski definition) is 1. The summed E-state index contributed by atoms with van der Waals surface area (Å²) in [6.45, 7) is 3.44. The number of carbonyl (C=O) groups excluding carboxylic acids is 1. The van der Waals surface area contributed by atoms with E-state index >= 15 is 0 Å². The molecule has 1 amide bonds. The summed E-state index contributed by atoms with van der Waals surface area (Å²) in [5.74, 6) is -0.0763. The number of carbonyl (C=O) groups is 2. The van der Waals surface area contributed by atoms with Gasteiger partial charge in [0.15, 0.2) is 5.78 Å². The number of ketones is 1. The van der Waals surface area contributed by atoms with Crippen LogP contribution in [0.15, 0.2) is 24.3 Å². The number of amides is 1. The maximum absolute atomic E-state index is 11.5. The van der Waals surface area contributed by atoms with E-state index in [-0.39, 0.29) is 11.8 Å². The van der Waals surface area contributed by atoms with Crippen LogP contribution < -0.4 is 0 Å². The highest BCUT2D eigenvalue weighted by Crippen LogP contribution is 2.36. The van der Waals surface area contributed by atoms with Gasteiger partial charge in [-0.25, -0.2) is 4.79 Å². The molecule has 0 unspecified atom stereocenters. The van der Waals surface area contributed by atoms with Crippen molar-refractivity contribution in [3.05, 3.63) is 35.4 Å². The zero-order chi connectivity index (χ0) is 13.3. The van der Waals surface area contributed by atoms with Crippen molar-refractivity contribution in [1.82, 2.24) is 4.90 Å². The van der Waals surface area contributed by atoms with Crippen molar-refractivity contribution in [2.24, 2.45) is 0 Å². The molecule has 4 heteroatoms. The van der Waals surface area contributed by atoms with Crippen molar-refractivity contribution in [1.29, 1.82) is 0 Å². The Bertz CT molecular complexity index is 484. The van der Waals surface area contributed by atoms with Crippen LogP contribution in [-0.4, -0.2) is 27.9 Å². The normalized spacial score (nSPS) is 23.1. The zero-order valence-electron chi connectivity index (χ0n) is 10.6. The van der Waals surface area contributed by atoms with E-state index in [0.717, 1.165) is 11.1 Å². The van der Waals surface area contributed by atoms with Gasteiger partial charge in [-0.15, -0.1) is 0 Å². The molecule has 1 aromatic carbocycles. The molecule has 1 aliphatic heterocycles. The van der Waals surface area contributed by atoms with Gasteiger partial charge in [0.1, 0.15) is 0 Å². The fraction of sp³-hybridized carbons (Fsp3) is 0.429. The quantitative estimate of drug-likeness (QED) is 0.874. The van der Waals surface area contributed by atoms with Crippen molar-refractivity contribution in [2.75, 3.05) is 0 Å². The Morgan fingerprint density at radius 1 is 1.33 bits per heavy atom. The third kappa shape index (κ3) is 2.23. The minimum absolute atomic E-state index is 0.0763. The molecule has 96 valence electrons. The number of Topliss-reactive ketones (excluding diaryl/α,β-unsaturated/α-hetero) is 1. The Hall–Kier alpha value is -1.84. The lowest BCUT2D eigenvalue weighted by Crippen LogP contribution is -2.40. The van der Waals surface area contributed by atoms with Gasteiger partial charge < -0.3 is 5.11 Å². The van der Waals surface area contributed by atoms with Crippen LogP contribution in [0.5, 0.6) is 0 Å². The summed E-state index contributed by atoms with van der Waals surface area (Å²) in [5, 5.41) is 9.31. The maximum Gasteiger partial charge on any atom is 0.408 e. The molecule has 0 aliphatic carbocycles. The third-order valence-corrected chi connectivity index (χ3v) is 3.50. The van der Waals surface area contributed by atoms with Gasteiger partial charge in [-0.2, -0.15) is 0 Å². The second kappa shape index (κ2) is 4.80. The molecule has 0 spiro atoms. The smallest absolute Gasteiger partial charge is 0.408 e. The number of rotatable bonds is 2. The van der Waals surface area contributed by atoms with Crippen LogP contribution in [0.25, 0.3) is 0 Å². The Morgan fingerprint density at radius 2 is 2.06 bits per heavy atom. The van der Waals surface area contributed by atoms with E-state index < -0.39 is 12.1 Å². The molecular formula is C14H17NO3. The second-order valence-corrected chi connectivity index (χ2v) is 4.82. The fourth-order valence-electron chi connectivity index (χ4n) is 2.68. The predicted octanol–water partition coefficient (Wildman–Crippen LogP) is 2.77. The van der Waals surface area contributed by atoms with Crippen molar-refractivity contribution in [3.63, 3.8) is 0 Å². The van der Waals surface area contributed by atoms with E-state index in [1.165, 1.54) is 11.8 Å². The first-order valence-electron chi connectivity index (χ1n) is 6.09. The summed E-state index contributed by atoms with van der Waals surface area (Å²) in [4.78, 5) is 24.2. The SMILES string of the molecule is CC(=O)[C@H]1CC[C@@H](c2cccc(C)c2)N1C(=O)O. The summed E-state index contributed by atoms with van der Waals surface area (Å²) in [6, 6.07) is 7.13. The molecule has 1 saturated heterocycles. The summed E-state index contributed by atoms with van der Waals surface area (Å²) < 4.78 is 0. The average molecular weight is 247 g/mol. The summed E-state index contributed by atoms with van der Waals surface area (Å²) in [7, 11) is 0. The van der Waals surface area contributed by atoms with Crippen molar-refractivity contribution in [3.8, 4) is 0 Å². The van der Waals surface area contributed by atoms with Crippen LogP contribution in [0.1, 0.15) is 36.9 Å². The highest BCUT2D eigenvalue weighted by molar-refractivity contribution is 5.85. The van der Waals surface area contributed by atoms with E-state index in [1.54, 1.807) is 0 Å². The topological polar surface area (TPSA) is 57.6 Å². The molecule has 1 N–H and O–H groups in total. The first-order valence-corrected chi connectivity index (χ1v) is 6.09. The number of nitrogens with zero attached hydrogens (tertiary/aromatic N) is 1. The molecule has 1 heterocycles. The Labute approximate surface area is 106 Å². The van der Waals surface area contributed by atoms with Gasteiger partial charge in [-0.05, 0) is 32.3 Å². The van der Waals surface area contributed by atoms with Gasteiger partial charge in [0.2, 0.25) is 0 Å². The maximum atomic E-state index is 11.5. The third-order valence-electron chi connectivity index (χ3n) is 3.50. The van der Waals surface area contributed by atoms with Crippen LogP contribution in [0.2, 0.25) is 0 Å². The molecule has 1 fully saturated rings.